The predicted octanol–water partition coefficient (Wildman–Crippen LogP) is 2.61. The first-order chi connectivity index (χ1) is 10.8. The molecule has 0 saturated carbocycles. The molecule has 1 saturated heterocycles. The topological polar surface area (TPSA) is 70.7 Å². The summed E-state index contributed by atoms with van der Waals surface area (Å²) in [5, 5.41) is 5.63. The molecule has 126 valence electrons. The van der Waals surface area contributed by atoms with Gasteiger partial charge in [-0.25, -0.2) is 4.79 Å². The highest BCUT2D eigenvalue weighted by Gasteiger charge is 2.36. The van der Waals surface area contributed by atoms with Crippen molar-refractivity contribution in [3.63, 3.8) is 0 Å². The van der Waals surface area contributed by atoms with E-state index in [1.54, 1.807) is 29.2 Å². The lowest BCUT2D eigenvalue weighted by Crippen LogP contribution is -2.45. The maximum Gasteiger partial charge on any atom is 0.319 e. The van der Waals surface area contributed by atoms with Crippen molar-refractivity contribution < 1.29 is 14.3 Å². The molecule has 0 spiro atoms. The Bertz CT molecular complexity index is 563. The minimum Gasteiger partial charge on any atom is -0.494 e. The largest absolute Gasteiger partial charge is 0.494 e. The summed E-state index contributed by atoms with van der Waals surface area (Å²) in [7, 11) is 0. The zero-order chi connectivity index (χ0) is 17.0. The highest BCUT2D eigenvalue weighted by Crippen LogP contribution is 2.22. The van der Waals surface area contributed by atoms with Crippen LogP contribution in [0, 0.1) is 0 Å². The first-order valence-electron chi connectivity index (χ1n) is 7.90. The van der Waals surface area contributed by atoms with Crippen LogP contribution < -0.4 is 15.4 Å². The lowest BCUT2D eigenvalue weighted by Gasteiger charge is -2.32. The number of nitrogens with one attached hydrogen (secondary N) is 2. The Balaban J connectivity index is 1.87. The Morgan fingerprint density at radius 1 is 1.30 bits per heavy atom. The average Bonchev–Trinajstić information content (AvgIpc) is 2.82. The van der Waals surface area contributed by atoms with E-state index in [0.29, 0.717) is 25.3 Å². The second-order valence-electron chi connectivity index (χ2n) is 6.63. The molecule has 1 aromatic carbocycles. The zero-order valence-corrected chi connectivity index (χ0v) is 14.2. The van der Waals surface area contributed by atoms with Crippen LogP contribution in [0.4, 0.5) is 10.5 Å². The maximum absolute atomic E-state index is 12.1. The molecular formula is C17H25N3O3. The second kappa shape index (κ2) is 6.89. The normalized spacial score (nSPS) is 18.0. The summed E-state index contributed by atoms with van der Waals surface area (Å²) in [5.74, 6) is 0.838. The van der Waals surface area contributed by atoms with Gasteiger partial charge in [-0.15, -0.1) is 0 Å². The number of nitrogens with zero attached hydrogens (tertiary/aromatic N) is 1. The molecule has 2 N–H and O–H groups in total. The van der Waals surface area contributed by atoms with Crippen LogP contribution in [0.15, 0.2) is 24.3 Å². The Hall–Kier alpha value is -2.24. The number of hydrogen-bond donors (Lipinski definition) is 2. The van der Waals surface area contributed by atoms with Crippen molar-refractivity contribution in [1.29, 1.82) is 0 Å². The number of anilines is 1. The van der Waals surface area contributed by atoms with Gasteiger partial charge in [-0.05, 0) is 52.0 Å². The van der Waals surface area contributed by atoms with E-state index >= 15 is 0 Å². The Morgan fingerprint density at radius 2 is 1.96 bits per heavy atom. The lowest BCUT2D eigenvalue weighted by molar-refractivity contribution is -0.131. The van der Waals surface area contributed by atoms with Gasteiger partial charge in [-0.2, -0.15) is 0 Å². The first kappa shape index (κ1) is 17.1. The third-order valence-corrected chi connectivity index (χ3v) is 3.69. The van der Waals surface area contributed by atoms with Crippen LogP contribution >= 0.6 is 0 Å². The fraction of sp³-hybridized carbons (Fsp3) is 0.529. The number of amides is 3. The van der Waals surface area contributed by atoms with Gasteiger partial charge in [0, 0.05) is 24.2 Å². The molecule has 0 bridgehead atoms. The van der Waals surface area contributed by atoms with Gasteiger partial charge in [0.1, 0.15) is 5.75 Å². The fourth-order valence-corrected chi connectivity index (χ4v) is 2.61. The molecule has 0 aromatic heterocycles. The number of urea groups is 1. The van der Waals surface area contributed by atoms with Crippen molar-refractivity contribution in [2.45, 2.75) is 45.7 Å². The highest BCUT2D eigenvalue weighted by atomic mass is 16.5. The van der Waals surface area contributed by atoms with E-state index in [1.165, 1.54) is 0 Å². The van der Waals surface area contributed by atoms with Crippen molar-refractivity contribution in [2.24, 2.45) is 0 Å². The summed E-state index contributed by atoms with van der Waals surface area (Å²) in [6, 6.07) is 6.71. The molecule has 1 fully saturated rings. The first-order valence-corrected chi connectivity index (χ1v) is 7.90. The van der Waals surface area contributed by atoms with Gasteiger partial charge < -0.3 is 20.3 Å². The third kappa shape index (κ3) is 4.61. The molecule has 2 rings (SSSR count). The number of benzene rings is 1. The van der Waals surface area contributed by atoms with Crippen LogP contribution in [0.1, 0.15) is 34.1 Å². The summed E-state index contributed by atoms with van der Waals surface area (Å²) in [4.78, 5) is 25.9. The molecule has 3 amide bonds. The Labute approximate surface area is 137 Å². The molecule has 0 aliphatic carbocycles. The van der Waals surface area contributed by atoms with E-state index in [4.69, 9.17) is 4.74 Å². The van der Waals surface area contributed by atoms with Crippen molar-refractivity contribution in [3.8, 4) is 5.75 Å². The lowest BCUT2D eigenvalue weighted by atomic mass is 10.1. The number of rotatable bonds is 4. The van der Waals surface area contributed by atoms with Crippen LogP contribution in [0.3, 0.4) is 0 Å². The van der Waals surface area contributed by atoms with Gasteiger partial charge in [0.2, 0.25) is 5.91 Å². The second-order valence-corrected chi connectivity index (χ2v) is 6.63. The number of hydrogen-bond acceptors (Lipinski definition) is 3. The Kier molecular flexibility index (Phi) is 5.13. The molecule has 1 aromatic rings. The number of likely N-dealkylation sites (tertiary alicyclic amines) is 1. The molecule has 6 heteroatoms. The van der Waals surface area contributed by atoms with E-state index in [1.807, 2.05) is 27.7 Å². The molecule has 23 heavy (non-hydrogen) atoms. The molecular weight excluding hydrogens is 294 g/mol. The monoisotopic (exact) mass is 319 g/mol. The van der Waals surface area contributed by atoms with Gasteiger partial charge in [0.15, 0.2) is 0 Å². The fourth-order valence-electron chi connectivity index (χ4n) is 2.61. The van der Waals surface area contributed by atoms with Crippen molar-refractivity contribution in [1.82, 2.24) is 10.2 Å². The molecule has 1 aliphatic rings. The van der Waals surface area contributed by atoms with Gasteiger partial charge in [0.25, 0.3) is 0 Å². The summed E-state index contributed by atoms with van der Waals surface area (Å²) in [5.41, 5.74) is 0.460. The summed E-state index contributed by atoms with van der Waals surface area (Å²) in [6.07, 6.45) is 0.341. The quantitative estimate of drug-likeness (QED) is 0.896. The van der Waals surface area contributed by atoms with Gasteiger partial charge in [0.05, 0.1) is 12.6 Å². The molecule has 1 heterocycles. The number of carbonyl (C=O) groups is 2. The van der Waals surface area contributed by atoms with Gasteiger partial charge in [-0.1, -0.05) is 0 Å². The van der Waals surface area contributed by atoms with Crippen molar-refractivity contribution >= 4 is 17.6 Å². The molecule has 1 unspecified atom stereocenters. The number of ether oxygens (including phenoxy) is 1. The summed E-state index contributed by atoms with van der Waals surface area (Å²) >= 11 is 0. The molecule has 0 radical (unpaired) electrons. The smallest absolute Gasteiger partial charge is 0.319 e. The predicted molar refractivity (Wildman–Crippen MR) is 89.6 cm³/mol. The van der Waals surface area contributed by atoms with Crippen LogP contribution in [0.5, 0.6) is 5.75 Å². The van der Waals surface area contributed by atoms with E-state index in [-0.39, 0.29) is 23.5 Å². The molecule has 1 aliphatic heterocycles. The van der Waals surface area contributed by atoms with Crippen LogP contribution in [-0.2, 0) is 4.79 Å². The third-order valence-electron chi connectivity index (χ3n) is 3.69. The van der Waals surface area contributed by atoms with Crippen LogP contribution in [0.2, 0.25) is 0 Å². The summed E-state index contributed by atoms with van der Waals surface area (Å²) < 4.78 is 5.36. The van der Waals surface area contributed by atoms with Crippen LogP contribution in [-0.4, -0.2) is 41.6 Å². The number of carbonyl (C=O) groups excluding carboxylic acids is 2. The van der Waals surface area contributed by atoms with Crippen LogP contribution in [0.25, 0.3) is 0 Å². The van der Waals surface area contributed by atoms with Crippen molar-refractivity contribution in [2.75, 3.05) is 18.5 Å². The Morgan fingerprint density at radius 3 is 2.48 bits per heavy atom. The van der Waals surface area contributed by atoms with Gasteiger partial charge >= 0.3 is 6.03 Å². The van der Waals surface area contributed by atoms with Crippen molar-refractivity contribution in [3.05, 3.63) is 24.3 Å². The SMILES string of the molecule is CCOc1ccc(NC(=O)NC2CC(=O)N(C(C)(C)C)C2)cc1. The van der Waals surface area contributed by atoms with Gasteiger partial charge in [-0.3, -0.25) is 4.79 Å². The van der Waals surface area contributed by atoms with E-state index in [0.717, 1.165) is 5.75 Å². The van der Waals surface area contributed by atoms with E-state index in [9.17, 15) is 9.59 Å². The zero-order valence-electron chi connectivity index (χ0n) is 14.2. The molecule has 1 atom stereocenters. The highest BCUT2D eigenvalue weighted by molar-refractivity contribution is 5.90. The average molecular weight is 319 g/mol. The molecule has 6 nitrogen and oxygen atoms in total. The standard InChI is InChI=1S/C17H25N3O3/c1-5-23-14-8-6-12(7-9-14)18-16(22)19-13-10-15(21)20(11-13)17(2,3)4/h6-9,13H,5,10-11H2,1-4H3,(H2,18,19,22). The minimum atomic E-state index is -0.303. The summed E-state index contributed by atoms with van der Waals surface area (Å²) in [6.45, 7) is 9.05. The maximum atomic E-state index is 12.1. The van der Waals surface area contributed by atoms with E-state index < -0.39 is 0 Å². The van der Waals surface area contributed by atoms with E-state index in [2.05, 4.69) is 10.6 Å². The minimum absolute atomic E-state index is 0.0730.